The molecule has 0 heterocycles. The van der Waals surface area contributed by atoms with Crippen molar-refractivity contribution in [3.8, 4) is 5.75 Å². The number of methoxy groups -OCH3 is 1. The molecule has 0 radical (unpaired) electrons. The van der Waals surface area contributed by atoms with Crippen molar-refractivity contribution in [2.75, 3.05) is 22.5 Å². The number of hydrogen-bond donors (Lipinski definition) is 3. The summed E-state index contributed by atoms with van der Waals surface area (Å²) in [5.74, 6) is 0.398. The molecule has 0 aliphatic carbocycles. The molecule has 30 heavy (non-hydrogen) atoms. The Hall–Kier alpha value is -2.81. The molecule has 0 unspecified atom stereocenters. The summed E-state index contributed by atoms with van der Waals surface area (Å²) >= 11 is 11.5. The number of aryl methyl sites for hydroxylation is 1. The van der Waals surface area contributed by atoms with Crippen LogP contribution in [-0.4, -0.2) is 20.6 Å². The summed E-state index contributed by atoms with van der Waals surface area (Å²) in [5, 5.41) is 6.45. The number of hydrogen-bond acceptors (Lipinski definition) is 4. The maximum atomic E-state index is 12.9. The third-order valence-electron chi connectivity index (χ3n) is 4.11. The number of rotatable bonds is 6. The monoisotopic (exact) mass is 461 g/mol. The van der Waals surface area contributed by atoms with Gasteiger partial charge in [0.1, 0.15) is 10.6 Å². The highest BCUT2D eigenvalue weighted by Gasteiger charge is 2.20. The maximum Gasteiger partial charge on any atom is 0.263 e. The zero-order valence-electron chi connectivity index (χ0n) is 16.3. The van der Waals surface area contributed by atoms with Crippen LogP contribution in [0.5, 0.6) is 5.75 Å². The lowest BCUT2D eigenvalue weighted by atomic mass is 10.2. The van der Waals surface area contributed by atoms with Crippen molar-refractivity contribution in [3.63, 3.8) is 0 Å². The third kappa shape index (κ3) is 5.41. The molecule has 156 valence electrons. The van der Waals surface area contributed by atoms with E-state index in [1.54, 1.807) is 30.3 Å². The number of thiocarbonyl (C=S) groups is 1. The van der Waals surface area contributed by atoms with E-state index in [1.807, 2.05) is 31.2 Å². The first-order valence-electron chi connectivity index (χ1n) is 8.88. The number of ether oxygens (including phenoxy) is 1. The summed E-state index contributed by atoms with van der Waals surface area (Å²) in [6.07, 6.45) is 0. The average molecular weight is 462 g/mol. The van der Waals surface area contributed by atoms with Gasteiger partial charge in [0.2, 0.25) is 0 Å². The van der Waals surface area contributed by atoms with Gasteiger partial charge in [-0.3, -0.25) is 4.72 Å². The Morgan fingerprint density at radius 2 is 1.67 bits per heavy atom. The first kappa shape index (κ1) is 21.9. The highest BCUT2D eigenvalue weighted by atomic mass is 35.5. The van der Waals surface area contributed by atoms with Gasteiger partial charge in [0, 0.05) is 11.4 Å². The summed E-state index contributed by atoms with van der Waals surface area (Å²) in [6.45, 7) is 1.98. The Labute approximate surface area is 186 Å². The molecule has 0 bridgehead atoms. The largest absolute Gasteiger partial charge is 0.495 e. The van der Waals surface area contributed by atoms with Crippen LogP contribution in [0.25, 0.3) is 0 Å². The SMILES string of the molecule is COc1ccccc1NS(=O)(=O)c1cc(NC(=S)Nc2cccc(C)c2)ccc1Cl. The Balaban J connectivity index is 1.81. The molecule has 0 fully saturated rings. The first-order chi connectivity index (χ1) is 14.3. The predicted molar refractivity (Wildman–Crippen MR) is 126 cm³/mol. The van der Waals surface area contributed by atoms with Crippen LogP contribution < -0.4 is 20.1 Å². The predicted octanol–water partition coefficient (Wildman–Crippen LogP) is 5.27. The maximum absolute atomic E-state index is 12.9. The van der Waals surface area contributed by atoms with Crippen molar-refractivity contribution in [1.82, 2.24) is 0 Å². The molecule has 3 aromatic rings. The van der Waals surface area contributed by atoms with Gasteiger partial charge in [-0.1, -0.05) is 35.9 Å². The second-order valence-corrected chi connectivity index (χ2v) is 8.87. The van der Waals surface area contributed by atoms with Crippen LogP contribution in [0.1, 0.15) is 5.56 Å². The number of anilines is 3. The lowest BCUT2D eigenvalue weighted by Gasteiger charge is -2.15. The fourth-order valence-corrected chi connectivity index (χ4v) is 4.56. The van der Waals surface area contributed by atoms with E-state index in [-0.39, 0.29) is 9.92 Å². The molecule has 0 spiro atoms. The van der Waals surface area contributed by atoms with E-state index in [0.717, 1.165) is 11.3 Å². The fraction of sp³-hybridized carbons (Fsp3) is 0.0952. The molecule has 0 aromatic heterocycles. The molecular weight excluding hydrogens is 442 g/mol. The van der Waals surface area contributed by atoms with E-state index in [4.69, 9.17) is 28.6 Å². The average Bonchev–Trinajstić information content (AvgIpc) is 2.69. The molecule has 0 saturated heterocycles. The normalized spacial score (nSPS) is 10.9. The molecule has 3 N–H and O–H groups in total. The quantitative estimate of drug-likeness (QED) is 0.434. The molecule has 0 amide bonds. The lowest BCUT2D eigenvalue weighted by Crippen LogP contribution is -2.20. The van der Waals surface area contributed by atoms with Gasteiger partial charge in [0.25, 0.3) is 10.0 Å². The van der Waals surface area contributed by atoms with Gasteiger partial charge in [-0.25, -0.2) is 8.42 Å². The Bertz CT molecular complexity index is 1180. The van der Waals surface area contributed by atoms with E-state index in [9.17, 15) is 8.42 Å². The molecule has 6 nitrogen and oxygen atoms in total. The van der Waals surface area contributed by atoms with Crippen LogP contribution in [0, 0.1) is 6.92 Å². The van der Waals surface area contributed by atoms with Crippen molar-refractivity contribution in [1.29, 1.82) is 0 Å². The second kappa shape index (κ2) is 9.34. The number of halogens is 1. The van der Waals surface area contributed by atoms with E-state index in [1.165, 1.54) is 19.2 Å². The van der Waals surface area contributed by atoms with E-state index >= 15 is 0 Å². The number of benzene rings is 3. The number of sulfonamides is 1. The minimum Gasteiger partial charge on any atom is -0.495 e. The van der Waals surface area contributed by atoms with Crippen molar-refractivity contribution in [3.05, 3.63) is 77.3 Å². The van der Waals surface area contributed by atoms with Crippen LogP contribution in [0.15, 0.2) is 71.6 Å². The van der Waals surface area contributed by atoms with Gasteiger partial charge in [-0.05, 0) is 67.2 Å². The minimum absolute atomic E-state index is 0.0838. The van der Waals surface area contributed by atoms with Crippen molar-refractivity contribution >= 4 is 56.0 Å². The first-order valence-corrected chi connectivity index (χ1v) is 11.2. The molecule has 0 saturated carbocycles. The van der Waals surface area contributed by atoms with Gasteiger partial charge >= 0.3 is 0 Å². The van der Waals surface area contributed by atoms with Crippen molar-refractivity contribution < 1.29 is 13.2 Å². The lowest BCUT2D eigenvalue weighted by molar-refractivity contribution is 0.417. The molecule has 3 aromatic carbocycles. The van der Waals surface area contributed by atoms with Crippen LogP contribution in [-0.2, 0) is 10.0 Å². The van der Waals surface area contributed by atoms with Crippen LogP contribution in [0.3, 0.4) is 0 Å². The van der Waals surface area contributed by atoms with Gasteiger partial charge in [0.15, 0.2) is 5.11 Å². The topological polar surface area (TPSA) is 79.5 Å². The molecular formula is C21H20ClN3O3S2. The number of nitrogens with one attached hydrogen (secondary N) is 3. The zero-order chi connectivity index (χ0) is 21.7. The van der Waals surface area contributed by atoms with Crippen LogP contribution in [0.2, 0.25) is 5.02 Å². The van der Waals surface area contributed by atoms with E-state index < -0.39 is 10.0 Å². The highest BCUT2D eigenvalue weighted by molar-refractivity contribution is 7.92. The summed E-state index contributed by atoms with van der Waals surface area (Å²) in [4.78, 5) is -0.0848. The van der Waals surface area contributed by atoms with Gasteiger partial charge < -0.3 is 15.4 Å². The highest BCUT2D eigenvalue weighted by Crippen LogP contribution is 2.30. The summed E-state index contributed by atoms with van der Waals surface area (Å²) < 4.78 is 33.6. The van der Waals surface area contributed by atoms with Crippen LogP contribution >= 0.6 is 23.8 Å². The Kier molecular flexibility index (Phi) is 6.81. The van der Waals surface area contributed by atoms with Crippen LogP contribution in [0.4, 0.5) is 17.1 Å². The third-order valence-corrected chi connectivity index (χ3v) is 6.16. The van der Waals surface area contributed by atoms with E-state index in [0.29, 0.717) is 22.2 Å². The summed E-state index contributed by atoms with van der Waals surface area (Å²) in [7, 11) is -2.50. The van der Waals surface area contributed by atoms with E-state index in [2.05, 4.69) is 15.4 Å². The smallest absolute Gasteiger partial charge is 0.263 e. The summed E-state index contributed by atoms with van der Waals surface area (Å²) in [6, 6.07) is 19.0. The molecule has 0 aliphatic rings. The van der Waals surface area contributed by atoms with Gasteiger partial charge in [0.05, 0.1) is 17.8 Å². The summed E-state index contributed by atoms with van der Waals surface area (Å²) in [5.41, 5.74) is 2.70. The van der Waals surface area contributed by atoms with Gasteiger partial charge in [-0.15, -0.1) is 0 Å². The van der Waals surface area contributed by atoms with Crippen molar-refractivity contribution in [2.45, 2.75) is 11.8 Å². The molecule has 0 atom stereocenters. The molecule has 0 aliphatic heterocycles. The standard InChI is InChI=1S/C21H20ClN3O3S2/c1-14-6-5-7-15(12-14)23-21(29)24-16-10-11-17(22)20(13-16)30(26,27)25-18-8-3-4-9-19(18)28-2/h3-13,25H,1-2H3,(H2,23,24,29). The zero-order valence-corrected chi connectivity index (χ0v) is 18.7. The molecule has 9 heteroatoms. The second-order valence-electron chi connectivity index (χ2n) is 6.40. The van der Waals surface area contributed by atoms with Gasteiger partial charge in [-0.2, -0.15) is 0 Å². The Morgan fingerprint density at radius 3 is 2.37 bits per heavy atom. The minimum atomic E-state index is -3.97. The van der Waals surface area contributed by atoms with Crippen molar-refractivity contribution in [2.24, 2.45) is 0 Å². The molecule has 3 rings (SSSR count). The Morgan fingerprint density at radius 1 is 0.967 bits per heavy atom. The number of para-hydroxylation sites is 2. The fourth-order valence-electron chi connectivity index (χ4n) is 2.73.